The van der Waals surface area contributed by atoms with Crippen LogP contribution in [0.15, 0.2) is 6.07 Å². The highest BCUT2D eigenvalue weighted by atomic mass is 35.5. The van der Waals surface area contributed by atoms with Crippen LogP contribution in [-0.4, -0.2) is 22.6 Å². The molecule has 2 aromatic rings. The maximum Gasteiger partial charge on any atom is 0.225 e. The average Bonchev–Trinajstić information content (AvgIpc) is 2.94. The molecule has 3 heterocycles. The first-order valence-electron chi connectivity index (χ1n) is 8.51. The quantitative estimate of drug-likeness (QED) is 0.688. The van der Waals surface area contributed by atoms with Crippen LogP contribution in [0.2, 0.25) is 5.28 Å². The van der Waals surface area contributed by atoms with Crippen molar-refractivity contribution in [1.82, 2.24) is 9.97 Å². The van der Waals surface area contributed by atoms with Crippen molar-refractivity contribution in [3.05, 3.63) is 16.2 Å². The Balaban J connectivity index is 1.82. The fraction of sp³-hybridized carbons (Fsp3) is 0.667. The smallest absolute Gasteiger partial charge is 0.225 e. The molecule has 2 bridgehead atoms. The minimum Gasteiger partial charge on any atom is -0.352 e. The highest BCUT2D eigenvalue weighted by Gasteiger charge is 2.50. The number of aromatic nitrogens is 2. The summed E-state index contributed by atoms with van der Waals surface area (Å²) in [7, 11) is 0. The molecule has 2 fully saturated rings. The number of fused-ring (bicyclic) bond motifs is 3. The molecule has 0 aromatic carbocycles. The number of thiophene rings is 1. The van der Waals surface area contributed by atoms with Crippen molar-refractivity contribution in [1.29, 1.82) is 0 Å². The molecule has 2 unspecified atom stereocenters. The zero-order valence-corrected chi connectivity index (χ0v) is 15.9. The minimum atomic E-state index is 0.378. The van der Waals surface area contributed by atoms with Crippen LogP contribution in [0.4, 0.5) is 5.82 Å². The number of hydrogen-bond donors (Lipinski definition) is 0. The fourth-order valence-electron chi connectivity index (χ4n) is 5.03. The number of anilines is 1. The van der Waals surface area contributed by atoms with E-state index in [0.29, 0.717) is 22.2 Å². The summed E-state index contributed by atoms with van der Waals surface area (Å²) in [5, 5.41) is 1.56. The molecule has 4 rings (SSSR count). The normalized spacial score (nSPS) is 29.4. The van der Waals surface area contributed by atoms with E-state index in [1.54, 1.807) is 11.3 Å². The van der Waals surface area contributed by atoms with Gasteiger partial charge >= 0.3 is 0 Å². The molecule has 124 valence electrons. The van der Waals surface area contributed by atoms with Crippen LogP contribution in [0.3, 0.4) is 0 Å². The Morgan fingerprint density at radius 2 is 2.09 bits per heavy atom. The van der Waals surface area contributed by atoms with Crippen LogP contribution < -0.4 is 4.90 Å². The summed E-state index contributed by atoms with van der Waals surface area (Å²) >= 11 is 7.99. The molecule has 2 atom stereocenters. The van der Waals surface area contributed by atoms with E-state index in [-0.39, 0.29) is 0 Å². The third-order valence-corrected chi connectivity index (χ3v) is 6.77. The molecule has 0 spiro atoms. The maximum absolute atomic E-state index is 6.25. The van der Waals surface area contributed by atoms with Crippen LogP contribution in [0.25, 0.3) is 10.2 Å². The van der Waals surface area contributed by atoms with Crippen molar-refractivity contribution < 1.29 is 0 Å². The largest absolute Gasteiger partial charge is 0.352 e. The molecule has 0 amide bonds. The van der Waals surface area contributed by atoms with E-state index in [0.717, 1.165) is 23.6 Å². The Hall–Kier alpha value is -0.870. The van der Waals surface area contributed by atoms with Gasteiger partial charge in [0, 0.05) is 17.5 Å². The molecule has 3 nitrogen and oxygen atoms in total. The number of rotatable bonds is 2. The SMILES string of the molecule is CCc1cc2c(N3CC4(C)CC3CC(C)(C)C4)nc(Cl)nc2s1. The molecule has 0 radical (unpaired) electrons. The van der Waals surface area contributed by atoms with Gasteiger partial charge in [-0.15, -0.1) is 11.3 Å². The predicted molar refractivity (Wildman–Crippen MR) is 98.7 cm³/mol. The summed E-state index contributed by atoms with van der Waals surface area (Å²) in [6, 6.07) is 2.84. The van der Waals surface area contributed by atoms with Gasteiger partial charge in [-0.3, -0.25) is 0 Å². The molecule has 2 aliphatic rings. The number of hydrogen-bond acceptors (Lipinski definition) is 4. The topological polar surface area (TPSA) is 29.0 Å². The molecule has 1 saturated heterocycles. The first-order chi connectivity index (χ1) is 10.8. The van der Waals surface area contributed by atoms with E-state index in [4.69, 9.17) is 11.6 Å². The molecule has 0 N–H and O–H groups in total. The van der Waals surface area contributed by atoms with Crippen molar-refractivity contribution in [3.63, 3.8) is 0 Å². The Bertz CT molecular complexity index is 769. The molecule has 23 heavy (non-hydrogen) atoms. The first kappa shape index (κ1) is 15.6. The van der Waals surface area contributed by atoms with E-state index in [1.165, 1.54) is 29.5 Å². The van der Waals surface area contributed by atoms with Crippen LogP contribution in [-0.2, 0) is 6.42 Å². The van der Waals surface area contributed by atoms with Gasteiger partial charge in [-0.25, -0.2) is 4.98 Å². The van der Waals surface area contributed by atoms with Crippen LogP contribution in [0, 0.1) is 10.8 Å². The summed E-state index contributed by atoms with van der Waals surface area (Å²) in [5.41, 5.74) is 0.797. The van der Waals surface area contributed by atoms with E-state index >= 15 is 0 Å². The fourth-order valence-corrected chi connectivity index (χ4v) is 6.21. The van der Waals surface area contributed by atoms with Gasteiger partial charge in [-0.05, 0) is 54.2 Å². The highest BCUT2D eigenvalue weighted by Crippen LogP contribution is 2.54. The molecule has 1 aliphatic heterocycles. The third-order valence-electron chi connectivity index (χ3n) is 5.43. The van der Waals surface area contributed by atoms with Gasteiger partial charge < -0.3 is 4.90 Å². The Morgan fingerprint density at radius 3 is 2.83 bits per heavy atom. The van der Waals surface area contributed by atoms with Crippen molar-refractivity contribution in [2.75, 3.05) is 11.4 Å². The lowest BCUT2D eigenvalue weighted by atomic mass is 9.65. The first-order valence-corrected chi connectivity index (χ1v) is 9.71. The molecule has 5 heteroatoms. The molecule has 2 aromatic heterocycles. The average molecular weight is 350 g/mol. The standard InChI is InChI=1S/C18H24ClN3S/c1-5-12-6-13-14(20-16(19)21-15(13)23-12)22-10-18(4)8-11(22)7-17(2,3)9-18/h6,11H,5,7-10H2,1-4H3. The Labute approximate surface area is 147 Å². The van der Waals surface area contributed by atoms with Gasteiger partial charge in [0.1, 0.15) is 10.6 Å². The maximum atomic E-state index is 6.25. The van der Waals surface area contributed by atoms with Crippen LogP contribution in [0.1, 0.15) is 51.8 Å². The molecular weight excluding hydrogens is 326 g/mol. The van der Waals surface area contributed by atoms with Gasteiger partial charge in [0.05, 0.1) is 5.39 Å². The van der Waals surface area contributed by atoms with Crippen molar-refractivity contribution in [3.8, 4) is 0 Å². The molecule has 1 aliphatic carbocycles. The lowest BCUT2D eigenvalue weighted by Gasteiger charge is -2.39. The summed E-state index contributed by atoms with van der Waals surface area (Å²) in [6.07, 6.45) is 4.83. The molecular formula is C18H24ClN3S. The highest BCUT2D eigenvalue weighted by molar-refractivity contribution is 7.18. The number of halogens is 1. The van der Waals surface area contributed by atoms with Gasteiger partial charge in [0.25, 0.3) is 0 Å². The van der Waals surface area contributed by atoms with E-state index in [2.05, 4.69) is 48.6 Å². The second-order valence-electron chi connectivity index (χ2n) is 8.44. The van der Waals surface area contributed by atoms with Crippen molar-refractivity contribution >= 4 is 39.0 Å². The Kier molecular flexibility index (Phi) is 3.44. The second-order valence-corrected chi connectivity index (χ2v) is 9.90. The van der Waals surface area contributed by atoms with Crippen LogP contribution >= 0.6 is 22.9 Å². The predicted octanol–water partition coefficient (Wildman–Crippen LogP) is 5.31. The zero-order chi connectivity index (χ0) is 16.4. The summed E-state index contributed by atoms with van der Waals surface area (Å²) in [4.78, 5) is 14.0. The van der Waals surface area contributed by atoms with Crippen molar-refractivity contribution in [2.24, 2.45) is 10.8 Å². The minimum absolute atomic E-state index is 0.378. The van der Waals surface area contributed by atoms with Gasteiger partial charge in [-0.2, -0.15) is 4.98 Å². The van der Waals surface area contributed by atoms with E-state index in [1.807, 2.05) is 0 Å². The third kappa shape index (κ3) is 2.64. The van der Waals surface area contributed by atoms with Gasteiger partial charge in [0.2, 0.25) is 5.28 Å². The van der Waals surface area contributed by atoms with E-state index < -0.39 is 0 Å². The zero-order valence-electron chi connectivity index (χ0n) is 14.3. The second kappa shape index (κ2) is 5.06. The summed E-state index contributed by atoms with van der Waals surface area (Å²) in [6.45, 7) is 10.5. The number of aryl methyl sites for hydroxylation is 1. The lowest BCUT2D eigenvalue weighted by Crippen LogP contribution is -2.35. The van der Waals surface area contributed by atoms with Crippen molar-refractivity contribution in [2.45, 2.75) is 59.4 Å². The summed E-state index contributed by atoms with van der Waals surface area (Å²) < 4.78 is 0. The lowest BCUT2D eigenvalue weighted by molar-refractivity contribution is 0.136. The van der Waals surface area contributed by atoms with Crippen LogP contribution in [0.5, 0.6) is 0 Å². The van der Waals surface area contributed by atoms with Gasteiger partial charge in [-0.1, -0.05) is 27.7 Å². The van der Waals surface area contributed by atoms with Gasteiger partial charge in [0.15, 0.2) is 0 Å². The molecule has 1 saturated carbocycles. The monoisotopic (exact) mass is 349 g/mol. The Morgan fingerprint density at radius 1 is 1.30 bits per heavy atom. The van der Waals surface area contributed by atoms with E-state index in [9.17, 15) is 0 Å². The number of nitrogens with zero attached hydrogens (tertiary/aromatic N) is 3. The summed E-state index contributed by atoms with van der Waals surface area (Å²) in [5.74, 6) is 1.06.